The maximum absolute atomic E-state index is 13.8. The minimum Gasteiger partial charge on any atom is -0.493 e. The van der Waals surface area contributed by atoms with E-state index in [1.807, 2.05) is 0 Å². The first kappa shape index (κ1) is 22.4. The second kappa shape index (κ2) is 10.2. The lowest BCUT2D eigenvalue weighted by Crippen LogP contribution is -2.29. The van der Waals surface area contributed by atoms with Gasteiger partial charge in [0, 0.05) is 14.9 Å². The molecule has 0 N–H and O–H groups in total. The van der Waals surface area contributed by atoms with Crippen LogP contribution in [0.5, 0.6) is 11.5 Å². The summed E-state index contributed by atoms with van der Waals surface area (Å²) in [6, 6.07) is 7.83. The predicted octanol–water partition coefficient (Wildman–Crippen LogP) is 6.96. The molecule has 2 fully saturated rings. The van der Waals surface area contributed by atoms with Gasteiger partial charge >= 0.3 is 6.36 Å². The van der Waals surface area contributed by atoms with E-state index in [1.54, 1.807) is 0 Å². The molecule has 1 aliphatic carbocycles. The summed E-state index contributed by atoms with van der Waals surface area (Å²) in [5, 5.41) is 0. The zero-order valence-electron chi connectivity index (χ0n) is 17.1. The van der Waals surface area contributed by atoms with Crippen molar-refractivity contribution in [1.82, 2.24) is 0 Å². The van der Waals surface area contributed by atoms with Gasteiger partial charge in [0.25, 0.3) is 0 Å². The van der Waals surface area contributed by atoms with Crippen molar-refractivity contribution in [1.29, 1.82) is 0 Å². The lowest BCUT2D eigenvalue weighted by Gasteiger charge is -2.37. The number of halogens is 4. The van der Waals surface area contributed by atoms with E-state index in [0.717, 1.165) is 36.8 Å². The molecular weight excluding hydrogens is 400 g/mol. The fourth-order valence-corrected chi connectivity index (χ4v) is 8.66. The molecule has 2 aliphatic rings. The molecule has 0 unspecified atom stereocenters. The van der Waals surface area contributed by atoms with Crippen LogP contribution in [0.25, 0.3) is 0 Å². The largest absolute Gasteiger partial charge is 0.573 e. The number of rotatable bonds is 7. The van der Waals surface area contributed by atoms with Gasteiger partial charge in [-0.25, -0.2) is 4.39 Å². The Balaban J connectivity index is 1.40. The van der Waals surface area contributed by atoms with Gasteiger partial charge < -0.3 is 9.47 Å². The van der Waals surface area contributed by atoms with Crippen molar-refractivity contribution in [3.05, 3.63) is 24.0 Å². The maximum atomic E-state index is 13.8. The molecule has 1 saturated carbocycles. The summed E-state index contributed by atoms with van der Waals surface area (Å²) in [5.74, 6) is 0.546. The predicted molar refractivity (Wildman–Crippen MR) is 109 cm³/mol. The Labute approximate surface area is 172 Å². The van der Waals surface area contributed by atoms with Crippen LogP contribution in [0.4, 0.5) is 17.6 Å². The topological polar surface area (TPSA) is 18.5 Å². The quantitative estimate of drug-likeness (QED) is 0.343. The molecule has 3 rings (SSSR count). The van der Waals surface area contributed by atoms with Gasteiger partial charge in [-0.05, 0) is 55.6 Å². The highest BCUT2D eigenvalue weighted by Gasteiger charge is 2.33. The standard InChI is InChI=1S/C22H32F4O2Si/c1-2-11-29-12-9-18(10-13-29)17-5-3-16(4-6-17)15-27-19-7-8-21(20(23)14-19)28-22(24,25)26/h7-8,14,16-18,29H,2-6,9-13,15H2,1H3. The van der Waals surface area contributed by atoms with Gasteiger partial charge in [-0.15, -0.1) is 13.2 Å². The maximum Gasteiger partial charge on any atom is 0.573 e. The molecule has 1 saturated heterocycles. The number of benzene rings is 1. The van der Waals surface area contributed by atoms with Gasteiger partial charge in [0.1, 0.15) is 5.75 Å². The Morgan fingerprint density at radius 3 is 2.24 bits per heavy atom. The molecular formula is C22H32F4O2Si. The third-order valence-electron chi connectivity index (χ3n) is 6.76. The van der Waals surface area contributed by atoms with E-state index in [2.05, 4.69) is 11.7 Å². The van der Waals surface area contributed by atoms with Crippen molar-refractivity contribution < 1.29 is 27.0 Å². The Hall–Kier alpha value is -1.24. The monoisotopic (exact) mass is 432 g/mol. The number of hydrogen-bond acceptors (Lipinski definition) is 2. The van der Waals surface area contributed by atoms with Crippen molar-refractivity contribution in [3.8, 4) is 11.5 Å². The number of ether oxygens (including phenoxy) is 2. The summed E-state index contributed by atoms with van der Waals surface area (Å²) < 4.78 is 59.7. The van der Waals surface area contributed by atoms with Crippen LogP contribution in [-0.4, -0.2) is 21.8 Å². The van der Waals surface area contributed by atoms with E-state index in [4.69, 9.17) is 4.74 Å². The second-order valence-corrected chi connectivity index (χ2v) is 12.3. The molecule has 0 amide bonds. The van der Waals surface area contributed by atoms with Gasteiger partial charge in [-0.1, -0.05) is 44.3 Å². The minimum absolute atomic E-state index is 0.248. The normalized spacial score (nSPS) is 28.2. The molecule has 0 bridgehead atoms. The van der Waals surface area contributed by atoms with Gasteiger partial charge in [0.2, 0.25) is 0 Å². The van der Waals surface area contributed by atoms with Gasteiger partial charge in [0.15, 0.2) is 11.6 Å². The number of alkyl halides is 3. The van der Waals surface area contributed by atoms with Crippen LogP contribution in [0.2, 0.25) is 18.1 Å². The minimum atomic E-state index is -4.90. The second-order valence-electron chi connectivity index (χ2n) is 8.80. The third kappa shape index (κ3) is 6.90. The summed E-state index contributed by atoms with van der Waals surface area (Å²) in [4.78, 5) is 0. The molecule has 0 atom stereocenters. The van der Waals surface area contributed by atoms with Crippen molar-refractivity contribution in [3.63, 3.8) is 0 Å². The summed E-state index contributed by atoms with van der Waals surface area (Å²) >= 11 is 0. The molecule has 0 aromatic heterocycles. The van der Waals surface area contributed by atoms with Crippen LogP contribution < -0.4 is 9.47 Å². The highest BCUT2D eigenvalue weighted by atomic mass is 28.3. The zero-order valence-corrected chi connectivity index (χ0v) is 18.3. The van der Waals surface area contributed by atoms with Crippen LogP contribution in [0.3, 0.4) is 0 Å². The molecule has 1 aromatic rings. The smallest absolute Gasteiger partial charge is 0.493 e. The fraction of sp³-hybridized carbons (Fsp3) is 0.727. The summed E-state index contributed by atoms with van der Waals surface area (Å²) in [6.07, 6.45) is 4.05. The molecule has 0 radical (unpaired) electrons. The molecule has 1 heterocycles. The van der Waals surface area contributed by atoms with Crippen LogP contribution in [-0.2, 0) is 0 Å². The average Bonchev–Trinajstić information content (AvgIpc) is 2.69. The first-order valence-corrected chi connectivity index (χ1v) is 13.5. The van der Waals surface area contributed by atoms with Crippen molar-refractivity contribution >= 4 is 8.80 Å². The summed E-state index contributed by atoms with van der Waals surface area (Å²) in [5.41, 5.74) is 0. The van der Waals surface area contributed by atoms with Crippen LogP contribution in [0.15, 0.2) is 18.2 Å². The highest BCUT2D eigenvalue weighted by Crippen LogP contribution is 2.41. The molecule has 1 aromatic carbocycles. The van der Waals surface area contributed by atoms with Crippen molar-refractivity contribution in [2.24, 2.45) is 17.8 Å². The molecule has 1 aliphatic heterocycles. The van der Waals surface area contributed by atoms with Crippen LogP contribution in [0.1, 0.15) is 51.9 Å². The zero-order chi connectivity index (χ0) is 20.9. The van der Waals surface area contributed by atoms with Crippen molar-refractivity contribution in [2.75, 3.05) is 6.61 Å². The summed E-state index contributed by atoms with van der Waals surface area (Å²) in [6.45, 7) is 2.79. The van der Waals surface area contributed by atoms with Crippen LogP contribution in [0, 0.1) is 23.6 Å². The Morgan fingerprint density at radius 2 is 1.66 bits per heavy atom. The van der Waals surface area contributed by atoms with Crippen molar-refractivity contribution in [2.45, 2.75) is 76.4 Å². The van der Waals surface area contributed by atoms with E-state index in [0.29, 0.717) is 12.5 Å². The lowest BCUT2D eigenvalue weighted by molar-refractivity contribution is -0.275. The Bertz CT molecular complexity index is 636. The average molecular weight is 433 g/mol. The SMILES string of the molecule is CCC[SiH]1CCC(C2CCC(COc3ccc(OC(F)(F)F)c(F)c3)CC2)CC1. The lowest BCUT2D eigenvalue weighted by atomic mass is 9.74. The van der Waals surface area contributed by atoms with E-state index in [-0.39, 0.29) is 5.75 Å². The van der Waals surface area contributed by atoms with E-state index in [1.165, 1.54) is 56.3 Å². The van der Waals surface area contributed by atoms with E-state index >= 15 is 0 Å². The molecule has 164 valence electrons. The summed E-state index contributed by atoms with van der Waals surface area (Å²) in [7, 11) is -0.419. The Kier molecular flexibility index (Phi) is 7.88. The van der Waals surface area contributed by atoms with E-state index < -0.39 is 26.7 Å². The number of hydrogen-bond donors (Lipinski definition) is 0. The first-order chi connectivity index (χ1) is 13.8. The molecule has 0 spiro atoms. The van der Waals surface area contributed by atoms with Gasteiger partial charge in [0.05, 0.1) is 6.61 Å². The third-order valence-corrected chi connectivity index (χ3v) is 10.5. The fourth-order valence-electron chi connectivity index (χ4n) is 5.18. The first-order valence-electron chi connectivity index (χ1n) is 11.0. The van der Waals surface area contributed by atoms with Gasteiger partial charge in [-0.3, -0.25) is 0 Å². The van der Waals surface area contributed by atoms with Gasteiger partial charge in [-0.2, -0.15) is 0 Å². The van der Waals surface area contributed by atoms with Crippen LogP contribution >= 0.6 is 0 Å². The van der Waals surface area contributed by atoms with E-state index in [9.17, 15) is 17.6 Å². The molecule has 7 heteroatoms. The Morgan fingerprint density at radius 1 is 1.00 bits per heavy atom. The molecule has 29 heavy (non-hydrogen) atoms. The molecule has 2 nitrogen and oxygen atoms in total. The highest BCUT2D eigenvalue weighted by molar-refractivity contribution is 6.58.